The van der Waals surface area contributed by atoms with Crippen LogP contribution in [0.25, 0.3) is 0 Å². The summed E-state index contributed by atoms with van der Waals surface area (Å²) in [6, 6.07) is 10.6. The lowest BCUT2D eigenvalue weighted by Gasteiger charge is -2.20. The van der Waals surface area contributed by atoms with Crippen LogP contribution in [0.15, 0.2) is 36.4 Å². The maximum atomic E-state index is 11.3. The van der Waals surface area contributed by atoms with Gasteiger partial charge in [-0.2, -0.15) is 0 Å². The molecule has 20 heavy (non-hydrogen) atoms. The van der Waals surface area contributed by atoms with Crippen LogP contribution in [-0.2, 0) is 0 Å². The normalized spacial score (nSPS) is 10.2. The number of benzene rings is 1. The third kappa shape index (κ3) is 2.71. The smallest absolute Gasteiger partial charge is 0.339 e. The van der Waals surface area contributed by atoms with E-state index in [4.69, 9.17) is 4.74 Å². The number of pyridine rings is 1. The number of hydrogen-bond acceptors (Lipinski definition) is 4. The Bertz CT molecular complexity index is 624. The number of ether oxygens (including phenoxy) is 1. The molecule has 5 nitrogen and oxygen atoms in total. The highest BCUT2D eigenvalue weighted by atomic mass is 16.5. The highest BCUT2D eigenvalue weighted by Crippen LogP contribution is 2.27. The van der Waals surface area contributed by atoms with Gasteiger partial charge >= 0.3 is 5.97 Å². The van der Waals surface area contributed by atoms with E-state index in [0.717, 1.165) is 17.1 Å². The fourth-order valence-electron chi connectivity index (χ4n) is 1.89. The second-order valence-electron chi connectivity index (χ2n) is 4.39. The number of nitrogens with zero attached hydrogens (tertiary/aromatic N) is 2. The molecular weight excluding hydrogens is 256 g/mol. The largest absolute Gasteiger partial charge is 0.497 e. The minimum absolute atomic E-state index is 0.175. The van der Waals surface area contributed by atoms with Crippen molar-refractivity contribution in [1.82, 2.24) is 4.98 Å². The topological polar surface area (TPSA) is 62.7 Å². The van der Waals surface area contributed by atoms with Crippen LogP contribution >= 0.6 is 0 Å². The van der Waals surface area contributed by atoms with Crippen LogP contribution < -0.4 is 9.64 Å². The zero-order chi connectivity index (χ0) is 14.7. The molecule has 1 heterocycles. The van der Waals surface area contributed by atoms with Crippen molar-refractivity contribution in [3.8, 4) is 5.75 Å². The summed E-state index contributed by atoms with van der Waals surface area (Å²) in [6.07, 6.45) is 0. The van der Waals surface area contributed by atoms with Gasteiger partial charge in [-0.3, -0.25) is 0 Å². The summed E-state index contributed by atoms with van der Waals surface area (Å²) in [4.78, 5) is 17.4. The Morgan fingerprint density at radius 3 is 2.40 bits per heavy atom. The van der Waals surface area contributed by atoms with Crippen molar-refractivity contribution >= 4 is 17.5 Å². The average molecular weight is 272 g/mol. The molecule has 0 radical (unpaired) electrons. The van der Waals surface area contributed by atoms with E-state index >= 15 is 0 Å². The van der Waals surface area contributed by atoms with Crippen LogP contribution in [0.3, 0.4) is 0 Å². The maximum absolute atomic E-state index is 11.3. The summed E-state index contributed by atoms with van der Waals surface area (Å²) in [5.74, 6) is 0.174. The van der Waals surface area contributed by atoms with Crippen molar-refractivity contribution in [1.29, 1.82) is 0 Å². The monoisotopic (exact) mass is 272 g/mol. The van der Waals surface area contributed by atoms with E-state index in [1.807, 2.05) is 31.2 Å². The second kappa shape index (κ2) is 5.61. The maximum Gasteiger partial charge on any atom is 0.339 e. The van der Waals surface area contributed by atoms with Gasteiger partial charge in [0.1, 0.15) is 17.1 Å². The van der Waals surface area contributed by atoms with Gasteiger partial charge in [0.25, 0.3) is 0 Å². The Morgan fingerprint density at radius 2 is 1.85 bits per heavy atom. The van der Waals surface area contributed by atoms with E-state index in [0.29, 0.717) is 5.82 Å². The van der Waals surface area contributed by atoms with Gasteiger partial charge in [-0.05, 0) is 43.3 Å². The number of methoxy groups -OCH3 is 1. The van der Waals surface area contributed by atoms with Gasteiger partial charge in [-0.1, -0.05) is 0 Å². The van der Waals surface area contributed by atoms with Crippen LogP contribution in [0.4, 0.5) is 11.5 Å². The van der Waals surface area contributed by atoms with E-state index in [9.17, 15) is 9.90 Å². The molecule has 0 aliphatic rings. The number of aromatic carboxylic acids is 1. The SMILES string of the molecule is COc1ccc(N(C)c2nc(C)ccc2C(=O)O)cc1. The molecule has 2 rings (SSSR count). The standard InChI is InChI=1S/C15H16N2O3/c1-10-4-9-13(15(18)19)14(16-10)17(2)11-5-7-12(20-3)8-6-11/h4-9H,1-3H3,(H,18,19). The first-order chi connectivity index (χ1) is 9.52. The molecule has 0 atom stereocenters. The van der Waals surface area contributed by atoms with Crippen molar-refractivity contribution < 1.29 is 14.6 Å². The van der Waals surface area contributed by atoms with Crippen molar-refractivity contribution in [3.05, 3.63) is 47.7 Å². The zero-order valence-corrected chi connectivity index (χ0v) is 11.6. The fraction of sp³-hybridized carbons (Fsp3) is 0.200. The third-order valence-corrected chi connectivity index (χ3v) is 3.02. The Hall–Kier alpha value is -2.56. The lowest BCUT2D eigenvalue weighted by atomic mass is 10.2. The number of rotatable bonds is 4. The zero-order valence-electron chi connectivity index (χ0n) is 11.6. The summed E-state index contributed by atoms with van der Waals surface area (Å²) >= 11 is 0. The van der Waals surface area contributed by atoms with Crippen LogP contribution in [0.1, 0.15) is 16.1 Å². The van der Waals surface area contributed by atoms with E-state index in [-0.39, 0.29) is 5.56 Å². The molecule has 2 aromatic rings. The predicted molar refractivity (Wildman–Crippen MR) is 77.0 cm³/mol. The molecule has 1 N–H and O–H groups in total. The summed E-state index contributed by atoms with van der Waals surface area (Å²) in [5.41, 5.74) is 1.78. The van der Waals surface area contributed by atoms with Gasteiger partial charge in [0, 0.05) is 18.4 Å². The molecule has 0 aliphatic carbocycles. The van der Waals surface area contributed by atoms with Crippen LogP contribution in [0, 0.1) is 6.92 Å². The summed E-state index contributed by atoms with van der Waals surface area (Å²) < 4.78 is 5.11. The Morgan fingerprint density at radius 1 is 1.20 bits per heavy atom. The molecule has 104 valence electrons. The van der Waals surface area contributed by atoms with Crippen molar-refractivity contribution in [2.24, 2.45) is 0 Å². The van der Waals surface area contributed by atoms with Crippen molar-refractivity contribution in [2.45, 2.75) is 6.92 Å². The first kappa shape index (κ1) is 13.9. The van der Waals surface area contributed by atoms with Gasteiger partial charge in [-0.25, -0.2) is 9.78 Å². The first-order valence-electron chi connectivity index (χ1n) is 6.11. The third-order valence-electron chi connectivity index (χ3n) is 3.02. The number of hydrogen-bond donors (Lipinski definition) is 1. The van der Waals surface area contributed by atoms with Gasteiger partial charge < -0.3 is 14.7 Å². The van der Waals surface area contributed by atoms with Crippen LogP contribution in [0.5, 0.6) is 5.75 Å². The predicted octanol–water partition coefficient (Wildman–Crippen LogP) is 2.86. The molecule has 0 aliphatic heterocycles. The van der Waals surface area contributed by atoms with E-state index in [1.54, 1.807) is 31.2 Å². The van der Waals surface area contributed by atoms with Crippen molar-refractivity contribution in [3.63, 3.8) is 0 Å². The number of aryl methyl sites for hydroxylation is 1. The summed E-state index contributed by atoms with van der Waals surface area (Å²) in [5, 5.41) is 9.25. The minimum atomic E-state index is -0.993. The Kier molecular flexibility index (Phi) is 3.89. The molecular formula is C15H16N2O3. The molecule has 1 aromatic heterocycles. The molecule has 0 unspecified atom stereocenters. The molecule has 1 aromatic carbocycles. The Balaban J connectivity index is 2.43. The van der Waals surface area contributed by atoms with Gasteiger partial charge in [-0.15, -0.1) is 0 Å². The summed E-state index contributed by atoms with van der Waals surface area (Å²) in [6.45, 7) is 1.83. The number of carboxylic acids is 1. The van der Waals surface area contributed by atoms with E-state index in [1.165, 1.54) is 0 Å². The first-order valence-corrected chi connectivity index (χ1v) is 6.11. The van der Waals surface area contributed by atoms with Gasteiger partial charge in [0.2, 0.25) is 0 Å². The van der Waals surface area contributed by atoms with Crippen LogP contribution in [0.2, 0.25) is 0 Å². The lowest BCUT2D eigenvalue weighted by molar-refractivity contribution is 0.0697. The van der Waals surface area contributed by atoms with Crippen LogP contribution in [-0.4, -0.2) is 30.2 Å². The number of carbonyl (C=O) groups is 1. The number of carboxylic acid groups (broad SMARTS) is 1. The second-order valence-corrected chi connectivity index (χ2v) is 4.39. The highest BCUT2D eigenvalue weighted by Gasteiger charge is 2.16. The van der Waals surface area contributed by atoms with Crippen molar-refractivity contribution in [2.75, 3.05) is 19.1 Å². The molecule has 0 bridgehead atoms. The molecule has 0 saturated heterocycles. The lowest BCUT2D eigenvalue weighted by Crippen LogP contribution is -2.16. The quantitative estimate of drug-likeness (QED) is 0.927. The molecule has 0 spiro atoms. The molecule has 0 fully saturated rings. The van der Waals surface area contributed by atoms with Gasteiger partial charge in [0.05, 0.1) is 7.11 Å². The average Bonchev–Trinajstić information content (AvgIpc) is 2.46. The number of anilines is 2. The minimum Gasteiger partial charge on any atom is -0.497 e. The molecule has 0 amide bonds. The van der Waals surface area contributed by atoms with Gasteiger partial charge in [0.15, 0.2) is 0 Å². The fourth-order valence-corrected chi connectivity index (χ4v) is 1.89. The number of aromatic nitrogens is 1. The summed E-state index contributed by atoms with van der Waals surface area (Å²) in [7, 11) is 3.39. The van der Waals surface area contributed by atoms with E-state index in [2.05, 4.69) is 4.98 Å². The Labute approximate surface area is 117 Å². The highest BCUT2D eigenvalue weighted by molar-refractivity contribution is 5.94. The van der Waals surface area contributed by atoms with E-state index < -0.39 is 5.97 Å². The molecule has 5 heteroatoms. The molecule has 0 saturated carbocycles.